The highest BCUT2D eigenvalue weighted by molar-refractivity contribution is 9.10. The Labute approximate surface area is 182 Å². The van der Waals surface area contributed by atoms with Crippen molar-refractivity contribution >= 4 is 45.0 Å². The van der Waals surface area contributed by atoms with Crippen molar-refractivity contribution in [2.24, 2.45) is 0 Å². The maximum atomic E-state index is 12.9. The number of amides is 2. The fourth-order valence-electron chi connectivity index (χ4n) is 2.72. The van der Waals surface area contributed by atoms with Crippen molar-refractivity contribution in [1.82, 2.24) is 10.3 Å². The summed E-state index contributed by atoms with van der Waals surface area (Å²) in [5.41, 5.74) is 2.04. The third-order valence-corrected chi connectivity index (χ3v) is 5.00. The maximum Gasteiger partial charge on any atom is 0.251 e. The standard InChI is InChI=1S/C22H19BrClN3O2/c23-17-6-4-16(5-7-17)22(29)26-14-12-21(28)27(15-19-3-1-2-13-25-19)20-10-8-18(24)9-11-20/h1-11,13H,12,14-15H2,(H,26,29). The van der Waals surface area contributed by atoms with E-state index < -0.39 is 0 Å². The Morgan fingerprint density at radius 1 is 1.00 bits per heavy atom. The van der Waals surface area contributed by atoms with Crippen molar-refractivity contribution in [1.29, 1.82) is 0 Å². The smallest absolute Gasteiger partial charge is 0.251 e. The summed E-state index contributed by atoms with van der Waals surface area (Å²) in [6.45, 7) is 0.571. The zero-order valence-electron chi connectivity index (χ0n) is 15.5. The summed E-state index contributed by atoms with van der Waals surface area (Å²) in [5.74, 6) is -0.331. The molecule has 0 atom stereocenters. The predicted octanol–water partition coefficient (Wildman–Crippen LogP) is 4.85. The molecule has 29 heavy (non-hydrogen) atoms. The van der Waals surface area contributed by atoms with Gasteiger partial charge in [-0.2, -0.15) is 0 Å². The Balaban J connectivity index is 1.65. The van der Waals surface area contributed by atoms with E-state index in [0.29, 0.717) is 17.1 Å². The van der Waals surface area contributed by atoms with Crippen LogP contribution in [-0.2, 0) is 11.3 Å². The Morgan fingerprint density at radius 2 is 1.72 bits per heavy atom. The summed E-state index contributed by atoms with van der Waals surface area (Å²) in [6.07, 6.45) is 1.86. The third-order valence-electron chi connectivity index (χ3n) is 4.22. The number of nitrogens with zero attached hydrogens (tertiary/aromatic N) is 2. The van der Waals surface area contributed by atoms with Crippen LogP contribution in [0.15, 0.2) is 77.4 Å². The number of aromatic nitrogens is 1. The average molecular weight is 473 g/mol. The lowest BCUT2D eigenvalue weighted by molar-refractivity contribution is -0.118. The Hall–Kier alpha value is -2.70. The van der Waals surface area contributed by atoms with E-state index in [1.54, 1.807) is 59.6 Å². The van der Waals surface area contributed by atoms with E-state index >= 15 is 0 Å². The second-order valence-corrected chi connectivity index (χ2v) is 7.64. The van der Waals surface area contributed by atoms with Crippen LogP contribution < -0.4 is 10.2 Å². The topological polar surface area (TPSA) is 62.3 Å². The number of pyridine rings is 1. The zero-order chi connectivity index (χ0) is 20.6. The number of carbonyl (C=O) groups excluding carboxylic acids is 2. The molecule has 5 nitrogen and oxygen atoms in total. The molecule has 148 valence electrons. The van der Waals surface area contributed by atoms with Crippen LogP contribution in [0.4, 0.5) is 5.69 Å². The minimum absolute atomic E-state index is 0.117. The molecule has 0 saturated heterocycles. The van der Waals surface area contributed by atoms with Crippen molar-refractivity contribution in [3.05, 3.63) is 93.7 Å². The second kappa shape index (κ2) is 10.2. The number of hydrogen-bond donors (Lipinski definition) is 1. The molecule has 0 aliphatic carbocycles. The van der Waals surface area contributed by atoms with E-state index in [1.165, 1.54) is 0 Å². The minimum Gasteiger partial charge on any atom is -0.352 e. The van der Waals surface area contributed by atoms with Gasteiger partial charge >= 0.3 is 0 Å². The molecule has 0 aliphatic heterocycles. The Morgan fingerprint density at radius 3 is 2.38 bits per heavy atom. The van der Waals surface area contributed by atoms with E-state index in [4.69, 9.17) is 11.6 Å². The van der Waals surface area contributed by atoms with Crippen LogP contribution in [0.1, 0.15) is 22.5 Å². The lowest BCUT2D eigenvalue weighted by Gasteiger charge is -2.23. The second-order valence-electron chi connectivity index (χ2n) is 6.29. The fourth-order valence-corrected chi connectivity index (χ4v) is 3.11. The van der Waals surface area contributed by atoms with Gasteiger partial charge in [0.05, 0.1) is 12.2 Å². The lowest BCUT2D eigenvalue weighted by Crippen LogP contribution is -2.34. The van der Waals surface area contributed by atoms with Gasteiger partial charge < -0.3 is 10.2 Å². The molecule has 1 N–H and O–H groups in total. The number of rotatable bonds is 7. The molecule has 3 aromatic rings. The summed E-state index contributed by atoms with van der Waals surface area (Å²) in [7, 11) is 0. The molecule has 0 unspecified atom stereocenters. The van der Waals surface area contributed by atoms with Crippen molar-refractivity contribution in [2.75, 3.05) is 11.4 Å². The first kappa shape index (κ1) is 21.0. The van der Waals surface area contributed by atoms with Crippen LogP contribution in [-0.4, -0.2) is 23.3 Å². The molecule has 2 amide bonds. The molecule has 0 bridgehead atoms. The van der Waals surface area contributed by atoms with Crippen molar-refractivity contribution in [3.63, 3.8) is 0 Å². The highest BCUT2D eigenvalue weighted by atomic mass is 79.9. The van der Waals surface area contributed by atoms with Gasteiger partial charge in [0.1, 0.15) is 0 Å². The number of benzene rings is 2. The maximum absolute atomic E-state index is 12.9. The molecule has 0 fully saturated rings. The summed E-state index contributed by atoms with van der Waals surface area (Å²) in [6, 6.07) is 19.7. The van der Waals surface area contributed by atoms with Crippen molar-refractivity contribution < 1.29 is 9.59 Å². The quantitative estimate of drug-likeness (QED) is 0.535. The molecule has 0 radical (unpaired) electrons. The largest absolute Gasteiger partial charge is 0.352 e. The van der Waals surface area contributed by atoms with Crippen LogP contribution in [0.5, 0.6) is 0 Å². The number of hydrogen-bond acceptors (Lipinski definition) is 3. The van der Waals surface area contributed by atoms with Gasteiger partial charge in [-0.05, 0) is 60.7 Å². The predicted molar refractivity (Wildman–Crippen MR) is 118 cm³/mol. The van der Waals surface area contributed by atoms with Crippen LogP contribution in [0.2, 0.25) is 5.02 Å². The SMILES string of the molecule is O=C(NCCC(=O)N(Cc1ccccn1)c1ccc(Cl)cc1)c1ccc(Br)cc1. The molecule has 0 aliphatic rings. The van der Waals surface area contributed by atoms with Crippen LogP contribution >= 0.6 is 27.5 Å². The van der Waals surface area contributed by atoms with Gasteiger partial charge in [-0.3, -0.25) is 14.6 Å². The van der Waals surface area contributed by atoms with Crippen LogP contribution in [0, 0.1) is 0 Å². The zero-order valence-corrected chi connectivity index (χ0v) is 17.9. The average Bonchev–Trinajstić information content (AvgIpc) is 2.74. The molecule has 7 heteroatoms. The van der Waals surface area contributed by atoms with E-state index in [9.17, 15) is 9.59 Å². The molecule has 0 saturated carbocycles. The molecule has 1 heterocycles. The fraction of sp³-hybridized carbons (Fsp3) is 0.136. The summed E-state index contributed by atoms with van der Waals surface area (Å²) in [5, 5.41) is 3.39. The monoisotopic (exact) mass is 471 g/mol. The lowest BCUT2D eigenvalue weighted by atomic mass is 10.2. The highest BCUT2D eigenvalue weighted by Crippen LogP contribution is 2.20. The van der Waals surface area contributed by atoms with Gasteiger partial charge in [0.2, 0.25) is 5.91 Å². The van der Waals surface area contributed by atoms with Crippen molar-refractivity contribution in [3.8, 4) is 0 Å². The van der Waals surface area contributed by atoms with E-state index in [1.807, 2.05) is 18.2 Å². The van der Waals surface area contributed by atoms with Crippen LogP contribution in [0.3, 0.4) is 0 Å². The molecule has 2 aromatic carbocycles. The van der Waals surface area contributed by atoms with E-state index in [2.05, 4.69) is 26.2 Å². The van der Waals surface area contributed by atoms with Gasteiger partial charge in [0.15, 0.2) is 0 Å². The third kappa shape index (κ3) is 6.14. The summed E-state index contributed by atoms with van der Waals surface area (Å²) in [4.78, 5) is 31.1. The number of halogens is 2. The van der Waals surface area contributed by atoms with Gasteiger partial charge in [0.25, 0.3) is 5.91 Å². The molecular formula is C22H19BrClN3O2. The molecule has 1 aromatic heterocycles. The first-order chi connectivity index (χ1) is 14.0. The summed E-state index contributed by atoms with van der Waals surface area (Å²) >= 11 is 9.32. The van der Waals surface area contributed by atoms with E-state index in [-0.39, 0.29) is 24.8 Å². The number of anilines is 1. The normalized spacial score (nSPS) is 10.4. The van der Waals surface area contributed by atoms with Gasteiger partial charge in [-0.1, -0.05) is 33.6 Å². The Bertz CT molecular complexity index is 964. The number of carbonyl (C=O) groups is 2. The number of nitrogens with one attached hydrogen (secondary N) is 1. The van der Waals surface area contributed by atoms with Gasteiger partial charge in [-0.15, -0.1) is 0 Å². The molecule has 3 rings (SSSR count). The first-order valence-electron chi connectivity index (χ1n) is 9.02. The Kier molecular flexibility index (Phi) is 7.38. The van der Waals surface area contributed by atoms with Crippen LogP contribution in [0.25, 0.3) is 0 Å². The van der Waals surface area contributed by atoms with Crippen molar-refractivity contribution in [2.45, 2.75) is 13.0 Å². The minimum atomic E-state index is -0.215. The first-order valence-corrected chi connectivity index (χ1v) is 10.2. The summed E-state index contributed by atoms with van der Waals surface area (Å²) < 4.78 is 0.900. The molecular weight excluding hydrogens is 454 g/mol. The highest BCUT2D eigenvalue weighted by Gasteiger charge is 2.17. The van der Waals surface area contributed by atoms with Gasteiger partial charge in [0, 0.05) is 39.9 Å². The van der Waals surface area contributed by atoms with E-state index in [0.717, 1.165) is 15.9 Å². The van der Waals surface area contributed by atoms with Gasteiger partial charge in [-0.25, -0.2) is 0 Å². The molecule has 0 spiro atoms.